The van der Waals surface area contributed by atoms with E-state index < -0.39 is 0 Å². The van der Waals surface area contributed by atoms with Gasteiger partial charge in [-0.25, -0.2) is 4.98 Å². The summed E-state index contributed by atoms with van der Waals surface area (Å²) >= 11 is 1.74. The van der Waals surface area contributed by atoms with Gasteiger partial charge in [-0.1, -0.05) is 12.1 Å². The van der Waals surface area contributed by atoms with Gasteiger partial charge in [-0.2, -0.15) is 0 Å². The molecule has 0 radical (unpaired) electrons. The Morgan fingerprint density at radius 1 is 1.20 bits per heavy atom. The van der Waals surface area contributed by atoms with Gasteiger partial charge in [0, 0.05) is 57.6 Å². The minimum Gasteiger partial charge on any atom is -0.356 e. The first-order valence-electron chi connectivity index (χ1n) is 10.1. The van der Waals surface area contributed by atoms with Crippen LogP contribution in [0.4, 0.5) is 5.13 Å². The molecule has 9 heteroatoms. The van der Waals surface area contributed by atoms with Gasteiger partial charge in [0.1, 0.15) is 0 Å². The van der Waals surface area contributed by atoms with E-state index in [-0.39, 0.29) is 29.9 Å². The summed E-state index contributed by atoms with van der Waals surface area (Å²) < 4.78 is 0. The number of anilines is 1. The van der Waals surface area contributed by atoms with Crippen LogP contribution >= 0.6 is 35.3 Å². The number of rotatable bonds is 8. The number of thiazole rings is 1. The quantitative estimate of drug-likeness (QED) is 0.272. The molecule has 2 aromatic rings. The number of amides is 1. The molecule has 30 heavy (non-hydrogen) atoms. The van der Waals surface area contributed by atoms with Gasteiger partial charge in [0.15, 0.2) is 11.1 Å². The number of carbonyl (C=O) groups excluding carboxylic acids is 1. The van der Waals surface area contributed by atoms with Crippen molar-refractivity contribution in [2.75, 3.05) is 45.2 Å². The first-order chi connectivity index (χ1) is 14.2. The third-order valence-electron chi connectivity index (χ3n) is 4.94. The summed E-state index contributed by atoms with van der Waals surface area (Å²) in [5.41, 5.74) is 2.93. The van der Waals surface area contributed by atoms with Crippen molar-refractivity contribution >= 4 is 52.3 Å². The first-order valence-corrected chi connectivity index (χ1v) is 11.0. The number of carbonyl (C=O) groups is 1. The van der Waals surface area contributed by atoms with Crippen LogP contribution in [0.25, 0.3) is 0 Å². The lowest BCUT2D eigenvalue weighted by Gasteiger charge is -2.13. The van der Waals surface area contributed by atoms with Gasteiger partial charge in [-0.15, -0.1) is 35.3 Å². The zero-order valence-corrected chi connectivity index (χ0v) is 20.8. The number of guanidine groups is 1. The maximum Gasteiger partial charge on any atom is 0.251 e. The summed E-state index contributed by atoms with van der Waals surface area (Å²) in [7, 11) is 3.42. The largest absolute Gasteiger partial charge is 0.356 e. The molecule has 1 amide bonds. The van der Waals surface area contributed by atoms with Gasteiger partial charge in [0.25, 0.3) is 5.91 Å². The fourth-order valence-corrected chi connectivity index (χ4v) is 4.25. The molecule has 0 bridgehead atoms. The molecular weight excluding hydrogens is 511 g/mol. The lowest BCUT2D eigenvalue weighted by molar-refractivity contribution is 0.0963. The second-order valence-electron chi connectivity index (χ2n) is 7.02. The van der Waals surface area contributed by atoms with E-state index in [1.807, 2.05) is 24.3 Å². The van der Waals surface area contributed by atoms with Gasteiger partial charge in [0.05, 0.1) is 5.69 Å². The van der Waals surface area contributed by atoms with E-state index in [9.17, 15) is 4.79 Å². The Morgan fingerprint density at radius 3 is 2.63 bits per heavy atom. The van der Waals surface area contributed by atoms with Crippen LogP contribution in [0.1, 0.15) is 34.5 Å². The van der Waals surface area contributed by atoms with Crippen LogP contribution in [0.5, 0.6) is 0 Å². The fourth-order valence-electron chi connectivity index (χ4n) is 3.33. The van der Waals surface area contributed by atoms with Crippen molar-refractivity contribution < 1.29 is 4.79 Å². The number of halogens is 1. The van der Waals surface area contributed by atoms with Crippen molar-refractivity contribution in [2.24, 2.45) is 4.99 Å². The fraction of sp³-hybridized carbons (Fsp3) is 0.476. The molecule has 0 aliphatic carbocycles. The lowest BCUT2D eigenvalue weighted by atomic mass is 10.1. The minimum absolute atomic E-state index is 0. The number of nitrogens with one attached hydrogen (secondary N) is 3. The van der Waals surface area contributed by atoms with Gasteiger partial charge in [0.2, 0.25) is 0 Å². The van der Waals surface area contributed by atoms with Crippen LogP contribution in [0, 0.1) is 0 Å². The number of benzene rings is 1. The molecule has 0 atom stereocenters. The molecule has 3 rings (SSSR count). The van der Waals surface area contributed by atoms with Crippen LogP contribution in [-0.2, 0) is 12.8 Å². The highest BCUT2D eigenvalue weighted by Gasteiger charge is 2.15. The standard InChI is InChI=1S/C21H30N6OS.HI/c1-22-19(28)17-7-5-6-16(14-17)8-10-24-20(23-2)25-11-9-18-15-29-21(26-18)27-12-3-4-13-27;/h5-7,14-15H,3-4,8-13H2,1-2H3,(H,22,28)(H2,23,24,25);1H. The van der Waals surface area contributed by atoms with E-state index in [2.05, 4.69) is 31.2 Å². The molecule has 1 aliphatic rings. The second-order valence-corrected chi connectivity index (χ2v) is 7.86. The second kappa shape index (κ2) is 12.7. The Kier molecular flexibility index (Phi) is 10.4. The van der Waals surface area contributed by atoms with Crippen molar-refractivity contribution in [3.63, 3.8) is 0 Å². The van der Waals surface area contributed by atoms with E-state index in [1.54, 1.807) is 25.4 Å². The predicted octanol–water partition coefficient (Wildman–Crippen LogP) is 2.67. The number of aliphatic imine (C=N–C) groups is 1. The van der Waals surface area contributed by atoms with Gasteiger partial charge < -0.3 is 20.9 Å². The Balaban J connectivity index is 0.00000320. The summed E-state index contributed by atoms with van der Waals surface area (Å²) in [5.74, 6) is 0.717. The van der Waals surface area contributed by atoms with E-state index in [0.29, 0.717) is 5.56 Å². The smallest absolute Gasteiger partial charge is 0.251 e. The van der Waals surface area contributed by atoms with E-state index >= 15 is 0 Å². The highest BCUT2D eigenvalue weighted by molar-refractivity contribution is 14.0. The average Bonchev–Trinajstić information content (AvgIpc) is 3.44. The van der Waals surface area contributed by atoms with Gasteiger partial charge in [-0.05, 0) is 37.0 Å². The van der Waals surface area contributed by atoms with Crippen LogP contribution in [-0.4, -0.2) is 57.1 Å². The summed E-state index contributed by atoms with van der Waals surface area (Å²) in [6, 6.07) is 7.70. The molecule has 3 N–H and O–H groups in total. The molecule has 1 aliphatic heterocycles. The Hall–Kier alpha value is -1.88. The van der Waals surface area contributed by atoms with Crippen LogP contribution in [0.3, 0.4) is 0 Å². The first kappa shape index (κ1) is 24.4. The molecular formula is C21H31IN6OS. The predicted molar refractivity (Wildman–Crippen MR) is 136 cm³/mol. The minimum atomic E-state index is -0.0628. The van der Waals surface area contributed by atoms with Crippen molar-refractivity contribution in [1.82, 2.24) is 20.9 Å². The van der Waals surface area contributed by atoms with E-state index in [4.69, 9.17) is 4.98 Å². The van der Waals surface area contributed by atoms with Crippen molar-refractivity contribution in [1.29, 1.82) is 0 Å². The van der Waals surface area contributed by atoms with Crippen molar-refractivity contribution in [2.45, 2.75) is 25.7 Å². The molecule has 0 spiro atoms. The number of hydrogen-bond donors (Lipinski definition) is 3. The SMILES string of the molecule is CN=C(NCCc1cccc(C(=O)NC)c1)NCCc1csc(N2CCCC2)n1.I. The molecule has 164 valence electrons. The van der Waals surface area contributed by atoms with Gasteiger partial charge in [-0.3, -0.25) is 9.79 Å². The van der Waals surface area contributed by atoms with Crippen LogP contribution in [0.15, 0.2) is 34.6 Å². The zero-order chi connectivity index (χ0) is 20.5. The molecule has 0 unspecified atom stereocenters. The number of nitrogens with zero attached hydrogens (tertiary/aromatic N) is 3. The molecule has 1 aromatic heterocycles. The van der Waals surface area contributed by atoms with Gasteiger partial charge >= 0.3 is 0 Å². The molecule has 7 nitrogen and oxygen atoms in total. The summed E-state index contributed by atoms with van der Waals surface area (Å²) in [6.07, 6.45) is 4.24. The molecule has 1 fully saturated rings. The van der Waals surface area contributed by atoms with Crippen molar-refractivity contribution in [3.8, 4) is 0 Å². The monoisotopic (exact) mass is 542 g/mol. The summed E-state index contributed by atoms with van der Waals surface area (Å²) in [5, 5.41) is 12.6. The normalized spacial score (nSPS) is 13.7. The lowest BCUT2D eigenvalue weighted by Crippen LogP contribution is -2.39. The molecule has 2 heterocycles. The highest BCUT2D eigenvalue weighted by atomic mass is 127. The van der Waals surface area contributed by atoms with E-state index in [0.717, 1.165) is 61.4 Å². The summed E-state index contributed by atoms with van der Waals surface area (Å²) in [6.45, 7) is 3.79. The van der Waals surface area contributed by atoms with E-state index in [1.165, 1.54) is 12.8 Å². The molecule has 1 aromatic carbocycles. The maximum absolute atomic E-state index is 11.7. The third-order valence-corrected chi connectivity index (χ3v) is 5.89. The number of aromatic nitrogens is 1. The zero-order valence-electron chi connectivity index (χ0n) is 17.6. The Bertz CT molecular complexity index is 834. The summed E-state index contributed by atoms with van der Waals surface area (Å²) in [4.78, 5) is 23.2. The molecule has 0 saturated carbocycles. The highest BCUT2D eigenvalue weighted by Crippen LogP contribution is 2.24. The number of hydrogen-bond acceptors (Lipinski definition) is 5. The third kappa shape index (κ3) is 7.12. The average molecular weight is 542 g/mol. The Labute approximate surface area is 199 Å². The molecule has 1 saturated heterocycles. The van der Waals surface area contributed by atoms with Crippen LogP contribution < -0.4 is 20.9 Å². The maximum atomic E-state index is 11.7. The van der Waals surface area contributed by atoms with Crippen molar-refractivity contribution in [3.05, 3.63) is 46.5 Å². The van der Waals surface area contributed by atoms with Crippen LogP contribution in [0.2, 0.25) is 0 Å². The topological polar surface area (TPSA) is 81.6 Å². The Morgan fingerprint density at radius 2 is 1.93 bits per heavy atom.